The van der Waals surface area contributed by atoms with Gasteiger partial charge in [0.1, 0.15) is 5.82 Å². The van der Waals surface area contributed by atoms with Gasteiger partial charge in [-0.05, 0) is 29.7 Å². The van der Waals surface area contributed by atoms with Gasteiger partial charge < -0.3 is 20.3 Å². The third kappa shape index (κ3) is 5.53. The molecule has 7 heteroatoms. The van der Waals surface area contributed by atoms with Gasteiger partial charge in [-0.25, -0.2) is 4.98 Å². The maximum absolute atomic E-state index is 11.9. The van der Waals surface area contributed by atoms with E-state index in [9.17, 15) is 9.59 Å². The fourth-order valence-corrected chi connectivity index (χ4v) is 3.05. The Morgan fingerprint density at radius 3 is 2.61 bits per heavy atom. The van der Waals surface area contributed by atoms with E-state index < -0.39 is 0 Å². The predicted octanol–water partition coefficient (Wildman–Crippen LogP) is 2.19. The average Bonchev–Trinajstić information content (AvgIpc) is 3.12. The zero-order valence-electron chi connectivity index (χ0n) is 16.1. The number of rotatable bonds is 9. The van der Waals surface area contributed by atoms with Gasteiger partial charge in [0, 0.05) is 45.9 Å². The predicted molar refractivity (Wildman–Crippen MR) is 107 cm³/mol. The fraction of sp³-hybridized carbons (Fsp3) is 0.381. The number of methoxy groups -OCH3 is 1. The highest BCUT2D eigenvalue weighted by Crippen LogP contribution is 2.15. The Balaban J connectivity index is 1.47. The van der Waals surface area contributed by atoms with Crippen molar-refractivity contribution >= 4 is 17.6 Å². The summed E-state index contributed by atoms with van der Waals surface area (Å²) in [6.45, 7) is 3.12. The highest BCUT2D eigenvalue weighted by molar-refractivity contribution is 5.94. The highest BCUT2D eigenvalue weighted by Gasteiger charge is 2.19. The Labute approximate surface area is 165 Å². The van der Waals surface area contributed by atoms with Gasteiger partial charge >= 0.3 is 0 Å². The summed E-state index contributed by atoms with van der Waals surface area (Å²) in [7, 11) is 1.59. The van der Waals surface area contributed by atoms with Crippen LogP contribution in [-0.4, -0.2) is 48.5 Å². The van der Waals surface area contributed by atoms with E-state index in [1.165, 1.54) is 0 Å². The molecule has 0 radical (unpaired) electrons. The third-order valence-corrected chi connectivity index (χ3v) is 4.66. The maximum atomic E-state index is 11.9. The number of nitrogens with one attached hydrogen (secondary N) is 2. The van der Waals surface area contributed by atoms with Crippen LogP contribution in [0.4, 0.5) is 5.82 Å². The van der Waals surface area contributed by atoms with Crippen LogP contribution in [0, 0.1) is 0 Å². The Morgan fingerprint density at radius 2 is 1.96 bits per heavy atom. The summed E-state index contributed by atoms with van der Waals surface area (Å²) in [5, 5.41) is 6.01. The SMILES string of the molecule is COCCNC(=O)c1ccc(NCc2ccc(CN3CCCC3=O)cc2)nc1. The molecule has 1 aliphatic heterocycles. The van der Waals surface area contributed by atoms with Crippen LogP contribution in [0.1, 0.15) is 34.3 Å². The van der Waals surface area contributed by atoms with Crippen molar-refractivity contribution in [1.29, 1.82) is 0 Å². The van der Waals surface area contributed by atoms with E-state index in [0.717, 1.165) is 24.1 Å². The molecule has 0 spiro atoms. The van der Waals surface area contributed by atoms with Gasteiger partial charge in [-0.3, -0.25) is 9.59 Å². The van der Waals surface area contributed by atoms with Crippen LogP contribution in [0.5, 0.6) is 0 Å². The van der Waals surface area contributed by atoms with Gasteiger partial charge in [0.15, 0.2) is 0 Å². The van der Waals surface area contributed by atoms with Crippen molar-refractivity contribution in [3.63, 3.8) is 0 Å². The molecular formula is C21H26N4O3. The first-order valence-electron chi connectivity index (χ1n) is 9.48. The zero-order valence-corrected chi connectivity index (χ0v) is 16.1. The zero-order chi connectivity index (χ0) is 19.8. The molecule has 148 valence electrons. The molecule has 3 rings (SSSR count). The molecular weight excluding hydrogens is 356 g/mol. The van der Waals surface area contributed by atoms with Crippen LogP contribution in [0.25, 0.3) is 0 Å². The Hall–Kier alpha value is -2.93. The van der Waals surface area contributed by atoms with Gasteiger partial charge in [0.2, 0.25) is 5.91 Å². The molecule has 1 aromatic carbocycles. The number of hydrogen-bond acceptors (Lipinski definition) is 5. The summed E-state index contributed by atoms with van der Waals surface area (Å²) >= 11 is 0. The van der Waals surface area contributed by atoms with E-state index in [0.29, 0.717) is 44.0 Å². The molecule has 0 atom stereocenters. The number of likely N-dealkylation sites (tertiary alicyclic amines) is 1. The Morgan fingerprint density at radius 1 is 1.18 bits per heavy atom. The molecule has 0 bridgehead atoms. The summed E-state index contributed by atoms with van der Waals surface area (Å²) in [6.07, 6.45) is 3.19. The monoisotopic (exact) mass is 382 g/mol. The van der Waals surface area contributed by atoms with Gasteiger partial charge in [0.05, 0.1) is 12.2 Å². The second-order valence-electron chi connectivity index (χ2n) is 6.77. The minimum Gasteiger partial charge on any atom is -0.383 e. The number of nitrogens with zero attached hydrogens (tertiary/aromatic N) is 2. The van der Waals surface area contributed by atoms with Crippen molar-refractivity contribution in [2.45, 2.75) is 25.9 Å². The minimum atomic E-state index is -0.164. The minimum absolute atomic E-state index is 0.164. The van der Waals surface area contributed by atoms with Crippen molar-refractivity contribution < 1.29 is 14.3 Å². The van der Waals surface area contributed by atoms with Crippen LogP contribution in [0.3, 0.4) is 0 Å². The number of carbonyl (C=O) groups is 2. The fourth-order valence-electron chi connectivity index (χ4n) is 3.05. The van der Waals surface area contributed by atoms with Gasteiger partial charge in [0.25, 0.3) is 5.91 Å². The van der Waals surface area contributed by atoms with Crippen LogP contribution in [0.15, 0.2) is 42.6 Å². The summed E-state index contributed by atoms with van der Waals surface area (Å²) < 4.78 is 4.91. The number of carbonyl (C=O) groups excluding carboxylic acids is 2. The first-order valence-corrected chi connectivity index (χ1v) is 9.48. The number of pyridine rings is 1. The van der Waals surface area contributed by atoms with E-state index >= 15 is 0 Å². The maximum Gasteiger partial charge on any atom is 0.252 e. The summed E-state index contributed by atoms with van der Waals surface area (Å²) in [6, 6.07) is 11.8. The van der Waals surface area contributed by atoms with Crippen molar-refractivity contribution in [2.24, 2.45) is 0 Å². The summed E-state index contributed by atoms with van der Waals surface area (Å²) in [5.74, 6) is 0.788. The lowest BCUT2D eigenvalue weighted by molar-refractivity contribution is -0.128. The van der Waals surface area contributed by atoms with Crippen LogP contribution >= 0.6 is 0 Å². The summed E-state index contributed by atoms with van der Waals surface area (Å²) in [5.41, 5.74) is 2.78. The van der Waals surface area contributed by atoms with E-state index in [-0.39, 0.29) is 11.8 Å². The molecule has 2 heterocycles. The molecule has 7 nitrogen and oxygen atoms in total. The van der Waals surface area contributed by atoms with Gasteiger partial charge in [-0.1, -0.05) is 24.3 Å². The molecule has 28 heavy (non-hydrogen) atoms. The number of ether oxygens (including phenoxy) is 1. The average molecular weight is 382 g/mol. The Kier molecular flexibility index (Phi) is 6.97. The van der Waals surface area contributed by atoms with Gasteiger partial charge in [-0.15, -0.1) is 0 Å². The van der Waals surface area contributed by atoms with Crippen LogP contribution in [0.2, 0.25) is 0 Å². The smallest absolute Gasteiger partial charge is 0.252 e. The Bertz CT molecular complexity index is 790. The highest BCUT2D eigenvalue weighted by atomic mass is 16.5. The molecule has 1 fully saturated rings. The normalized spacial score (nSPS) is 13.6. The second-order valence-corrected chi connectivity index (χ2v) is 6.77. The standard InChI is InChI=1S/C21H26N4O3/c1-28-12-10-22-21(27)18-8-9-19(24-14-18)23-13-16-4-6-17(7-5-16)15-25-11-2-3-20(25)26/h4-9,14H,2-3,10-13,15H2,1H3,(H,22,27)(H,23,24). The van der Waals surface area contributed by atoms with E-state index in [1.807, 2.05) is 4.90 Å². The lowest BCUT2D eigenvalue weighted by atomic mass is 10.1. The van der Waals surface area contributed by atoms with E-state index in [4.69, 9.17) is 4.74 Å². The molecule has 2 amide bonds. The largest absolute Gasteiger partial charge is 0.383 e. The lowest BCUT2D eigenvalue weighted by Gasteiger charge is -2.15. The lowest BCUT2D eigenvalue weighted by Crippen LogP contribution is -2.27. The number of anilines is 1. The number of aromatic nitrogens is 1. The molecule has 0 unspecified atom stereocenters. The van der Waals surface area contributed by atoms with E-state index in [2.05, 4.69) is 39.9 Å². The number of amides is 2. The van der Waals surface area contributed by atoms with E-state index in [1.54, 1.807) is 25.4 Å². The van der Waals surface area contributed by atoms with Crippen LogP contribution < -0.4 is 10.6 Å². The molecule has 1 aromatic heterocycles. The van der Waals surface area contributed by atoms with Gasteiger partial charge in [-0.2, -0.15) is 0 Å². The molecule has 1 saturated heterocycles. The molecule has 1 aliphatic rings. The van der Waals surface area contributed by atoms with Crippen molar-refractivity contribution in [1.82, 2.24) is 15.2 Å². The van der Waals surface area contributed by atoms with Crippen molar-refractivity contribution in [3.8, 4) is 0 Å². The molecule has 0 saturated carbocycles. The number of hydrogen-bond donors (Lipinski definition) is 2. The topological polar surface area (TPSA) is 83.6 Å². The third-order valence-electron chi connectivity index (χ3n) is 4.66. The van der Waals surface area contributed by atoms with Crippen molar-refractivity contribution in [2.75, 3.05) is 32.1 Å². The number of benzene rings is 1. The first-order chi connectivity index (χ1) is 13.7. The molecule has 0 aliphatic carbocycles. The van der Waals surface area contributed by atoms with Crippen molar-refractivity contribution in [3.05, 3.63) is 59.3 Å². The summed E-state index contributed by atoms with van der Waals surface area (Å²) in [4.78, 5) is 29.8. The quantitative estimate of drug-likeness (QED) is 0.650. The first kappa shape index (κ1) is 19.8. The van der Waals surface area contributed by atoms with Crippen LogP contribution in [-0.2, 0) is 22.6 Å². The molecule has 2 aromatic rings. The molecule has 2 N–H and O–H groups in total. The second kappa shape index (κ2) is 9.85.